The molecule has 0 heterocycles. The number of allylic oxidation sites excluding steroid dienone is 1. The third kappa shape index (κ3) is 1.32. The molecular weight excluding hydrogens is 216 g/mol. The minimum Gasteiger partial charge on any atom is -0.389 e. The molecule has 0 saturated heterocycles. The number of carbonyl (C=O) groups excluding carboxylic acids is 2. The van der Waals surface area contributed by atoms with Gasteiger partial charge in [0.15, 0.2) is 5.78 Å². The van der Waals surface area contributed by atoms with E-state index in [1.165, 1.54) is 0 Å². The predicted molar refractivity (Wildman–Crippen MR) is 62.3 cm³/mol. The third-order valence-electron chi connectivity index (χ3n) is 5.08. The van der Waals surface area contributed by atoms with E-state index < -0.39 is 11.5 Å². The quantitative estimate of drug-likeness (QED) is 0.583. The third-order valence-corrected chi connectivity index (χ3v) is 5.08. The fourth-order valence-corrected chi connectivity index (χ4v) is 4.01. The van der Waals surface area contributed by atoms with Crippen molar-refractivity contribution in [1.82, 2.24) is 0 Å². The molecule has 0 amide bonds. The van der Waals surface area contributed by atoms with Crippen molar-refractivity contribution in [3.8, 4) is 0 Å². The molecule has 0 aliphatic heterocycles. The zero-order chi connectivity index (χ0) is 12.3. The lowest BCUT2D eigenvalue weighted by Crippen LogP contribution is -2.48. The Hall–Kier alpha value is -0.960. The van der Waals surface area contributed by atoms with Gasteiger partial charge in [-0.05, 0) is 51.0 Å². The van der Waals surface area contributed by atoms with E-state index >= 15 is 0 Å². The van der Waals surface area contributed by atoms with Crippen LogP contribution in [0.2, 0.25) is 0 Å². The Bertz CT molecular complexity index is 417. The van der Waals surface area contributed by atoms with Crippen LogP contribution >= 0.6 is 0 Å². The molecule has 3 heteroatoms. The fourth-order valence-electron chi connectivity index (χ4n) is 4.01. The lowest BCUT2D eigenvalue weighted by Gasteiger charge is -2.45. The molecule has 2 saturated carbocycles. The van der Waals surface area contributed by atoms with Gasteiger partial charge in [0.2, 0.25) is 0 Å². The van der Waals surface area contributed by atoms with Crippen LogP contribution in [0.5, 0.6) is 0 Å². The highest BCUT2D eigenvalue weighted by Gasteiger charge is 2.63. The van der Waals surface area contributed by atoms with Crippen LogP contribution in [0.15, 0.2) is 11.6 Å². The van der Waals surface area contributed by atoms with Gasteiger partial charge in [0.1, 0.15) is 6.29 Å². The van der Waals surface area contributed by atoms with E-state index in [1.54, 1.807) is 6.08 Å². The summed E-state index contributed by atoms with van der Waals surface area (Å²) in [6.07, 6.45) is 6.70. The molecule has 17 heavy (non-hydrogen) atoms. The van der Waals surface area contributed by atoms with Crippen LogP contribution in [0, 0.1) is 17.3 Å². The summed E-state index contributed by atoms with van der Waals surface area (Å²) in [5, 5.41) is 10.7. The summed E-state index contributed by atoms with van der Waals surface area (Å²) >= 11 is 0. The fraction of sp³-hybridized carbons (Fsp3) is 0.714. The van der Waals surface area contributed by atoms with E-state index in [9.17, 15) is 14.7 Å². The van der Waals surface area contributed by atoms with Gasteiger partial charge < -0.3 is 9.90 Å². The summed E-state index contributed by atoms with van der Waals surface area (Å²) < 4.78 is 0. The first-order valence-electron chi connectivity index (χ1n) is 6.44. The molecule has 92 valence electrons. The minimum absolute atomic E-state index is 0.0658. The molecule has 3 aliphatic carbocycles. The lowest BCUT2D eigenvalue weighted by molar-refractivity contribution is -0.129. The summed E-state index contributed by atoms with van der Waals surface area (Å²) in [5.74, 6) is -0.130. The Labute approximate surface area is 101 Å². The van der Waals surface area contributed by atoms with Crippen LogP contribution in [0.1, 0.15) is 39.0 Å². The Morgan fingerprint density at radius 1 is 1.47 bits per heavy atom. The summed E-state index contributed by atoms with van der Waals surface area (Å²) in [6, 6.07) is 0. The van der Waals surface area contributed by atoms with Crippen molar-refractivity contribution in [2.75, 3.05) is 0 Å². The molecule has 0 aromatic rings. The molecule has 0 bridgehead atoms. The Kier molecular flexibility index (Phi) is 2.15. The highest BCUT2D eigenvalue weighted by molar-refractivity contribution is 6.02. The van der Waals surface area contributed by atoms with Crippen molar-refractivity contribution >= 4 is 12.1 Å². The van der Waals surface area contributed by atoms with Gasteiger partial charge in [0.25, 0.3) is 0 Å². The molecule has 3 rings (SSSR count). The van der Waals surface area contributed by atoms with Gasteiger partial charge in [-0.3, -0.25) is 4.79 Å². The number of hydrogen-bond donors (Lipinski definition) is 1. The minimum atomic E-state index is -0.748. The normalized spacial score (nSPS) is 45.4. The smallest absolute Gasteiger partial charge is 0.165 e. The monoisotopic (exact) mass is 234 g/mol. The molecule has 0 spiro atoms. The van der Waals surface area contributed by atoms with E-state index in [0.717, 1.165) is 31.1 Å². The van der Waals surface area contributed by atoms with Crippen molar-refractivity contribution in [3.05, 3.63) is 11.6 Å². The molecule has 3 aliphatic rings. The van der Waals surface area contributed by atoms with E-state index in [4.69, 9.17) is 0 Å². The second-order valence-corrected chi connectivity index (χ2v) is 6.04. The first-order valence-corrected chi connectivity index (χ1v) is 6.44. The molecule has 1 N–H and O–H groups in total. The zero-order valence-corrected chi connectivity index (χ0v) is 10.1. The molecular formula is C14H18O3. The zero-order valence-electron chi connectivity index (χ0n) is 10.1. The predicted octanol–water partition coefficient (Wildman–Crippen LogP) is 1.64. The van der Waals surface area contributed by atoms with Gasteiger partial charge in [-0.2, -0.15) is 0 Å². The van der Waals surface area contributed by atoms with Crippen LogP contribution in [-0.4, -0.2) is 22.8 Å². The number of aliphatic hydroxyl groups is 1. The number of carbonyl (C=O) groups is 2. The topological polar surface area (TPSA) is 54.4 Å². The molecule has 2 fully saturated rings. The van der Waals surface area contributed by atoms with Gasteiger partial charge in [-0.15, -0.1) is 0 Å². The molecule has 0 aromatic carbocycles. The van der Waals surface area contributed by atoms with Gasteiger partial charge in [-0.1, -0.05) is 5.57 Å². The SMILES string of the molecule is C[C@]1(O)CCC2=CC(=O)C(C=O)CC21C1CC1. The summed E-state index contributed by atoms with van der Waals surface area (Å²) in [6.45, 7) is 1.88. The first kappa shape index (κ1) is 11.1. The summed E-state index contributed by atoms with van der Waals surface area (Å²) in [5.41, 5.74) is 0.0714. The number of aldehydes is 1. The Balaban J connectivity index is 2.11. The first-order chi connectivity index (χ1) is 8.01. The molecule has 0 radical (unpaired) electrons. The second kappa shape index (κ2) is 3.29. The van der Waals surface area contributed by atoms with Crippen LogP contribution in [0.25, 0.3) is 0 Å². The van der Waals surface area contributed by atoms with Crippen molar-refractivity contribution in [2.24, 2.45) is 17.3 Å². The maximum Gasteiger partial charge on any atom is 0.165 e. The second-order valence-electron chi connectivity index (χ2n) is 6.04. The number of hydrogen-bond acceptors (Lipinski definition) is 3. The van der Waals surface area contributed by atoms with Gasteiger partial charge in [0.05, 0.1) is 11.5 Å². The highest BCUT2D eigenvalue weighted by atomic mass is 16.3. The van der Waals surface area contributed by atoms with Crippen molar-refractivity contribution in [3.63, 3.8) is 0 Å². The maximum atomic E-state index is 11.8. The number of rotatable bonds is 2. The summed E-state index contributed by atoms with van der Waals surface area (Å²) in [4.78, 5) is 22.8. The highest BCUT2D eigenvalue weighted by Crippen LogP contribution is 2.65. The van der Waals surface area contributed by atoms with Crippen LogP contribution in [-0.2, 0) is 9.59 Å². The summed E-state index contributed by atoms with van der Waals surface area (Å²) in [7, 11) is 0. The van der Waals surface area contributed by atoms with Crippen molar-refractivity contribution in [1.29, 1.82) is 0 Å². The van der Waals surface area contributed by atoms with Crippen LogP contribution in [0.4, 0.5) is 0 Å². The Morgan fingerprint density at radius 2 is 2.18 bits per heavy atom. The van der Waals surface area contributed by atoms with Crippen molar-refractivity contribution < 1.29 is 14.7 Å². The van der Waals surface area contributed by atoms with E-state index in [2.05, 4.69) is 0 Å². The van der Waals surface area contributed by atoms with Gasteiger partial charge in [0, 0.05) is 5.41 Å². The van der Waals surface area contributed by atoms with E-state index in [-0.39, 0.29) is 11.2 Å². The Morgan fingerprint density at radius 3 is 2.76 bits per heavy atom. The molecule has 2 unspecified atom stereocenters. The number of fused-ring (bicyclic) bond motifs is 1. The molecule has 3 nitrogen and oxygen atoms in total. The average Bonchev–Trinajstić information content (AvgIpc) is 3.07. The lowest BCUT2D eigenvalue weighted by atomic mass is 9.61. The largest absolute Gasteiger partial charge is 0.389 e. The van der Waals surface area contributed by atoms with Gasteiger partial charge >= 0.3 is 0 Å². The molecule has 3 atom stereocenters. The van der Waals surface area contributed by atoms with Gasteiger partial charge in [-0.25, -0.2) is 0 Å². The van der Waals surface area contributed by atoms with Crippen LogP contribution in [0.3, 0.4) is 0 Å². The number of ketones is 1. The van der Waals surface area contributed by atoms with E-state index in [1.807, 2.05) is 6.92 Å². The molecule has 0 aromatic heterocycles. The standard InChI is InChI=1S/C14H18O3/c1-13(17)5-4-11-6-12(16)9(8-15)7-14(11,13)10-2-3-10/h6,8-10,17H,2-5,7H2,1H3/t9?,13-,14?/m0/s1. The van der Waals surface area contributed by atoms with E-state index in [0.29, 0.717) is 18.8 Å². The van der Waals surface area contributed by atoms with Crippen molar-refractivity contribution in [2.45, 2.75) is 44.6 Å². The average molecular weight is 234 g/mol. The van der Waals surface area contributed by atoms with Crippen LogP contribution < -0.4 is 0 Å². The maximum absolute atomic E-state index is 11.8.